The summed E-state index contributed by atoms with van der Waals surface area (Å²) in [6.07, 6.45) is 0. The lowest BCUT2D eigenvalue weighted by atomic mass is 10.1. The number of para-hydroxylation sites is 1. The summed E-state index contributed by atoms with van der Waals surface area (Å²) < 4.78 is 0. The maximum absolute atomic E-state index is 9.26. The molecule has 0 amide bonds. The van der Waals surface area contributed by atoms with Gasteiger partial charge in [-0.25, -0.2) is 4.98 Å². The van der Waals surface area contributed by atoms with Crippen molar-refractivity contribution in [1.82, 2.24) is 4.98 Å². The highest BCUT2D eigenvalue weighted by Gasteiger charge is 2.05. The molecule has 0 aliphatic carbocycles. The predicted octanol–water partition coefficient (Wildman–Crippen LogP) is 3.72. The molecule has 0 aliphatic rings. The van der Waals surface area contributed by atoms with Crippen molar-refractivity contribution in [1.29, 1.82) is 10.5 Å². The van der Waals surface area contributed by atoms with Crippen LogP contribution in [0.4, 0.5) is 11.5 Å². The first-order chi connectivity index (χ1) is 10.3. The minimum absolute atomic E-state index is 0.569. The third-order valence-electron chi connectivity index (χ3n) is 3.10. The number of fused-ring (bicyclic) bond motifs is 1. The molecule has 0 unspecified atom stereocenters. The molecule has 1 aromatic heterocycles. The number of rotatable bonds is 2. The van der Waals surface area contributed by atoms with E-state index in [1.54, 1.807) is 24.3 Å². The minimum atomic E-state index is 0.569. The Labute approximate surface area is 121 Å². The lowest BCUT2D eigenvalue weighted by Gasteiger charge is -2.08. The zero-order valence-electron chi connectivity index (χ0n) is 11.0. The van der Waals surface area contributed by atoms with E-state index in [4.69, 9.17) is 5.26 Å². The molecule has 21 heavy (non-hydrogen) atoms. The number of hydrogen-bond donors (Lipinski definition) is 1. The van der Waals surface area contributed by atoms with Crippen molar-refractivity contribution in [3.8, 4) is 12.1 Å². The molecule has 98 valence electrons. The van der Waals surface area contributed by atoms with Crippen LogP contribution in [0.3, 0.4) is 0 Å². The van der Waals surface area contributed by atoms with E-state index in [1.165, 1.54) is 0 Å². The first-order valence-corrected chi connectivity index (χ1v) is 6.37. The summed E-state index contributed by atoms with van der Waals surface area (Å²) in [5, 5.41) is 22.1. The average Bonchev–Trinajstić information content (AvgIpc) is 2.54. The second-order valence-electron chi connectivity index (χ2n) is 4.50. The molecule has 4 nitrogen and oxygen atoms in total. The van der Waals surface area contributed by atoms with Gasteiger partial charge in [0.05, 0.1) is 28.8 Å². The summed E-state index contributed by atoms with van der Waals surface area (Å²) >= 11 is 0. The van der Waals surface area contributed by atoms with Crippen LogP contribution < -0.4 is 5.32 Å². The molecule has 0 saturated carbocycles. The number of nitrogens with zero attached hydrogens (tertiary/aromatic N) is 3. The van der Waals surface area contributed by atoms with E-state index in [0.717, 1.165) is 16.6 Å². The average molecular weight is 270 g/mol. The molecular weight excluding hydrogens is 260 g/mol. The molecule has 3 rings (SSSR count). The predicted molar refractivity (Wildman–Crippen MR) is 80.9 cm³/mol. The first kappa shape index (κ1) is 12.7. The zero-order chi connectivity index (χ0) is 14.7. The van der Waals surface area contributed by atoms with Gasteiger partial charge in [0, 0.05) is 11.1 Å². The van der Waals surface area contributed by atoms with Crippen molar-refractivity contribution in [3.05, 3.63) is 65.7 Å². The lowest BCUT2D eigenvalue weighted by molar-refractivity contribution is 1.35. The Morgan fingerprint density at radius 3 is 2.57 bits per heavy atom. The molecule has 0 aliphatic heterocycles. The van der Waals surface area contributed by atoms with Crippen molar-refractivity contribution in [2.24, 2.45) is 0 Å². The lowest BCUT2D eigenvalue weighted by Crippen LogP contribution is -1.96. The number of nitrogens with one attached hydrogen (secondary N) is 1. The van der Waals surface area contributed by atoms with Crippen LogP contribution >= 0.6 is 0 Å². The number of pyridine rings is 1. The molecule has 0 saturated heterocycles. The fourth-order valence-electron chi connectivity index (χ4n) is 2.15. The molecule has 1 N–H and O–H groups in total. The van der Waals surface area contributed by atoms with E-state index in [0.29, 0.717) is 16.9 Å². The molecule has 4 heteroatoms. The molecule has 0 spiro atoms. The highest BCUT2D eigenvalue weighted by atomic mass is 15.0. The summed E-state index contributed by atoms with van der Waals surface area (Å²) in [7, 11) is 0. The van der Waals surface area contributed by atoms with Crippen LogP contribution in [0, 0.1) is 22.7 Å². The van der Waals surface area contributed by atoms with Gasteiger partial charge in [0.25, 0.3) is 0 Å². The number of benzene rings is 2. The third kappa shape index (κ3) is 2.51. The van der Waals surface area contributed by atoms with Crippen LogP contribution in [-0.4, -0.2) is 4.98 Å². The Kier molecular flexibility index (Phi) is 3.21. The first-order valence-electron chi connectivity index (χ1n) is 6.37. The Balaban J connectivity index is 2.05. The van der Waals surface area contributed by atoms with Crippen LogP contribution in [0.25, 0.3) is 10.9 Å². The molecule has 0 bridgehead atoms. The van der Waals surface area contributed by atoms with Gasteiger partial charge in [-0.3, -0.25) is 0 Å². The van der Waals surface area contributed by atoms with Gasteiger partial charge < -0.3 is 5.32 Å². The zero-order valence-corrected chi connectivity index (χ0v) is 11.0. The summed E-state index contributed by atoms with van der Waals surface area (Å²) in [4.78, 5) is 4.49. The standard InChI is InChI=1S/C17H10N4/c18-10-12-4-3-5-14(8-12)20-17-9-13(11-19)15-6-1-2-7-16(15)21-17/h1-9H,(H,20,21). The van der Waals surface area contributed by atoms with Gasteiger partial charge in [0.2, 0.25) is 0 Å². The normalized spacial score (nSPS) is 9.81. The summed E-state index contributed by atoms with van der Waals surface area (Å²) in [6, 6.07) is 20.6. The topological polar surface area (TPSA) is 72.5 Å². The SMILES string of the molecule is N#Cc1cccc(Nc2cc(C#N)c3ccccc3n2)c1. The maximum atomic E-state index is 9.26. The number of aromatic nitrogens is 1. The van der Waals surface area contributed by atoms with Crippen molar-refractivity contribution < 1.29 is 0 Å². The van der Waals surface area contributed by atoms with Gasteiger partial charge in [-0.05, 0) is 30.3 Å². The smallest absolute Gasteiger partial charge is 0.132 e. The van der Waals surface area contributed by atoms with Gasteiger partial charge in [-0.1, -0.05) is 24.3 Å². The Morgan fingerprint density at radius 1 is 0.905 bits per heavy atom. The number of nitriles is 2. The molecule has 0 radical (unpaired) electrons. The third-order valence-corrected chi connectivity index (χ3v) is 3.10. The minimum Gasteiger partial charge on any atom is -0.340 e. The summed E-state index contributed by atoms with van der Waals surface area (Å²) in [6.45, 7) is 0. The van der Waals surface area contributed by atoms with Crippen LogP contribution in [-0.2, 0) is 0 Å². The van der Waals surface area contributed by atoms with E-state index in [1.807, 2.05) is 30.3 Å². The fraction of sp³-hybridized carbons (Fsp3) is 0. The van der Waals surface area contributed by atoms with E-state index in [9.17, 15) is 5.26 Å². The largest absolute Gasteiger partial charge is 0.340 e. The van der Waals surface area contributed by atoms with Crippen LogP contribution in [0.5, 0.6) is 0 Å². The van der Waals surface area contributed by atoms with E-state index >= 15 is 0 Å². The number of hydrogen-bond acceptors (Lipinski definition) is 4. The van der Waals surface area contributed by atoms with E-state index < -0.39 is 0 Å². The Bertz CT molecular complexity index is 901. The molecule has 2 aromatic carbocycles. The van der Waals surface area contributed by atoms with Crippen LogP contribution in [0.15, 0.2) is 54.6 Å². The van der Waals surface area contributed by atoms with Crippen LogP contribution in [0.2, 0.25) is 0 Å². The second-order valence-corrected chi connectivity index (χ2v) is 4.50. The van der Waals surface area contributed by atoms with E-state index in [-0.39, 0.29) is 0 Å². The van der Waals surface area contributed by atoms with Gasteiger partial charge >= 0.3 is 0 Å². The molecular formula is C17H10N4. The van der Waals surface area contributed by atoms with Crippen LogP contribution in [0.1, 0.15) is 11.1 Å². The quantitative estimate of drug-likeness (QED) is 0.770. The molecule has 0 atom stereocenters. The van der Waals surface area contributed by atoms with Crippen molar-refractivity contribution in [3.63, 3.8) is 0 Å². The Hall–Kier alpha value is -3.37. The summed E-state index contributed by atoms with van der Waals surface area (Å²) in [5.41, 5.74) is 2.66. The van der Waals surface area contributed by atoms with Gasteiger partial charge in [-0.15, -0.1) is 0 Å². The van der Waals surface area contributed by atoms with Crippen molar-refractivity contribution in [2.45, 2.75) is 0 Å². The van der Waals surface area contributed by atoms with Gasteiger partial charge in [0.15, 0.2) is 0 Å². The molecule has 0 fully saturated rings. The Morgan fingerprint density at radius 2 is 1.76 bits per heavy atom. The summed E-state index contributed by atoms with van der Waals surface area (Å²) in [5.74, 6) is 0.584. The van der Waals surface area contributed by atoms with Crippen molar-refractivity contribution >= 4 is 22.4 Å². The van der Waals surface area contributed by atoms with Gasteiger partial charge in [-0.2, -0.15) is 10.5 Å². The highest BCUT2D eigenvalue weighted by molar-refractivity contribution is 5.86. The fourth-order valence-corrected chi connectivity index (χ4v) is 2.15. The van der Waals surface area contributed by atoms with Gasteiger partial charge in [0.1, 0.15) is 5.82 Å². The second kappa shape index (κ2) is 5.32. The van der Waals surface area contributed by atoms with Crippen molar-refractivity contribution in [2.75, 3.05) is 5.32 Å². The molecule has 1 heterocycles. The molecule has 3 aromatic rings. The van der Waals surface area contributed by atoms with E-state index in [2.05, 4.69) is 22.4 Å². The maximum Gasteiger partial charge on any atom is 0.132 e. The number of anilines is 2. The highest BCUT2D eigenvalue weighted by Crippen LogP contribution is 2.22. The monoisotopic (exact) mass is 270 g/mol.